The zero-order valence-electron chi connectivity index (χ0n) is 13.2. The summed E-state index contributed by atoms with van der Waals surface area (Å²) in [5, 5.41) is 0.462. The number of ether oxygens (including phenoxy) is 2. The van der Waals surface area contributed by atoms with E-state index in [4.69, 9.17) is 21.1 Å². The van der Waals surface area contributed by atoms with Gasteiger partial charge in [0, 0.05) is 19.1 Å². The molecule has 2 aliphatic rings. The summed E-state index contributed by atoms with van der Waals surface area (Å²) in [4.78, 5) is 8.03. The highest BCUT2D eigenvalue weighted by Gasteiger charge is 2.30. The van der Waals surface area contributed by atoms with Gasteiger partial charge >= 0.3 is 6.01 Å². The lowest BCUT2D eigenvalue weighted by Crippen LogP contribution is -2.50. The Balaban J connectivity index is 1.47. The Kier molecular flexibility index (Phi) is 5.88. The highest BCUT2D eigenvalue weighted by atomic mass is 35.5. The van der Waals surface area contributed by atoms with Gasteiger partial charge in [-0.3, -0.25) is 0 Å². The van der Waals surface area contributed by atoms with Gasteiger partial charge in [0.1, 0.15) is 6.10 Å². The van der Waals surface area contributed by atoms with Crippen molar-refractivity contribution in [2.75, 3.05) is 26.3 Å². The Morgan fingerprint density at radius 1 is 1.17 bits per heavy atom. The summed E-state index contributed by atoms with van der Waals surface area (Å²) in [5.41, 5.74) is 0. The minimum absolute atomic E-state index is 0.00434. The molecule has 0 amide bonds. The van der Waals surface area contributed by atoms with Crippen LogP contribution in [0.25, 0.3) is 0 Å². The Hall–Kier alpha value is -1.00. The third-order valence-corrected chi connectivity index (χ3v) is 6.04. The predicted molar refractivity (Wildman–Crippen MR) is 88.2 cm³/mol. The molecule has 0 radical (unpaired) electrons. The molecule has 24 heavy (non-hydrogen) atoms. The van der Waals surface area contributed by atoms with Gasteiger partial charge in [-0.25, -0.2) is 9.97 Å². The molecule has 0 bridgehead atoms. The molecule has 0 spiro atoms. The second-order valence-electron chi connectivity index (χ2n) is 5.91. The maximum Gasteiger partial charge on any atom is 0.316 e. The van der Waals surface area contributed by atoms with Crippen molar-refractivity contribution >= 4 is 21.8 Å². The minimum atomic E-state index is -3.44. The lowest BCUT2D eigenvalue weighted by Gasteiger charge is -2.32. The summed E-state index contributed by atoms with van der Waals surface area (Å²) in [7, 11) is -3.44. The molecule has 1 saturated carbocycles. The summed E-state index contributed by atoms with van der Waals surface area (Å²) in [6.45, 7) is 1.70. The Labute approximate surface area is 146 Å². The number of nitrogens with zero attached hydrogens (tertiary/aromatic N) is 3. The lowest BCUT2D eigenvalue weighted by molar-refractivity contribution is 0.0719. The molecule has 8 nitrogen and oxygen atoms in total. The number of halogens is 1. The fourth-order valence-electron chi connectivity index (χ4n) is 2.88. The Morgan fingerprint density at radius 3 is 2.42 bits per heavy atom. The molecule has 0 unspecified atom stereocenters. The monoisotopic (exact) mass is 376 g/mol. The van der Waals surface area contributed by atoms with Crippen LogP contribution >= 0.6 is 11.6 Å². The first kappa shape index (κ1) is 17.8. The van der Waals surface area contributed by atoms with Crippen molar-refractivity contribution in [3.63, 3.8) is 0 Å². The average Bonchev–Trinajstić information content (AvgIpc) is 2.59. The number of hydrogen-bond donors (Lipinski definition) is 1. The van der Waals surface area contributed by atoms with Gasteiger partial charge < -0.3 is 9.47 Å². The quantitative estimate of drug-likeness (QED) is 0.823. The van der Waals surface area contributed by atoms with Crippen LogP contribution in [0.5, 0.6) is 6.01 Å². The zero-order chi connectivity index (χ0) is 17.0. The molecule has 1 saturated heterocycles. The van der Waals surface area contributed by atoms with Crippen molar-refractivity contribution in [2.24, 2.45) is 0 Å². The molecule has 10 heteroatoms. The first-order valence-electron chi connectivity index (χ1n) is 8.02. The maximum atomic E-state index is 12.4. The first-order chi connectivity index (χ1) is 11.5. The molecular weight excluding hydrogens is 356 g/mol. The van der Waals surface area contributed by atoms with Crippen molar-refractivity contribution in [1.29, 1.82) is 0 Å². The third-order valence-electron chi connectivity index (χ3n) is 4.17. The van der Waals surface area contributed by atoms with E-state index in [0.29, 0.717) is 37.3 Å². The molecule has 1 aliphatic carbocycles. The van der Waals surface area contributed by atoms with Gasteiger partial charge in [-0.15, -0.1) is 0 Å². The highest BCUT2D eigenvalue weighted by molar-refractivity contribution is 7.87. The van der Waals surface area contributed by atoms with Gasteiger partial charge in [-0.1, -0.05) is 11.6 Å². The van der Waals surface area contributed by atoms with Crippen LogP contribution in [0.2, 0.25) is 5.02 Å². The summed E-state index contributed by atoms with van der Waals surface area (Å²) in [6.07, 6.45) is 5.93. The number of hydrogen-bond acceptors (Lipinski definition) is 6. The molecule has 1 aromatic rings. The molecule has 1 N–H and O–H groups in total. The van der Waals surface area contributed by atoms with Crippen molar-refractivity contribution < 1.29 is 17.9 Å². The van der Waals surface area contributed by atoms with Gasteiger partial charge in [-0.05, 0) is 25.7 Å². The van der Waals surface area contributed by atoms with Crippen molar-refractivity contribution in [3.05, 3.63) is 17.4 Å². The fraction of sp³-hybridized carbons (Fsp3) is 0.714. The number of aromatic nitrogens is 2. The molecule has 2 fully saturated rings. The van der Waals surface area contributed by atoms with Crippen LogP contribution < -0.4 is 9.46 Å². The van der Waals surface area contributed by atoms with Crippen molar-refractivity contribution in [2.45, 2.75) is 37.8 Å². The molecule has 0 aromatic carbocycles. The fourth-order valence-corrected chi connectivity index (χ4v) is 4.41. The van der Waals surface area contributed by atoms with Crippen LogP contribution in [0.15, 0.2) is 12.4 Å². The summed E-state index contributed by atoms with van der Waals surface area (Å²) in [6, 6.07) is 0.237. The predicted octanol–water partition coefficient (Wildman–Crippen LogP) is 0.987. The van der Waals surface area contributed by atoms with Gasteiger partial charge in [0.25, 0.3) is 10.2 Å². The van der Waals surface area contributed by atoms with E-state index in [1.807, 2.05) is 0 Å². The summed E-state index contributed by atoms with van der Waals surface area (Å²) >= 11 is 5.74. The number of rotatable bonds is 5. The molecular formula is C14H21ClN4O4S. The maximum absolute atomic E-state index is 12.4. The van der Waals surface area contributed by atoms with E-state index in [0.717, 1.165) is 25.7 Å². The average molecular weight is 377 g/mol. The second kappa shape index (κ2) is 7.92. The van der Waals surface area contributed by atoms with E-state index in [1.165, 1.54) is 16.7 Å². The van der Waals surface area contributed by atoms with Gasteiger partial charge in [-0.2, -0.15) is 17.4 Å². The topological polar surface area (TPSA) is 93.7 Å². The number of morpholine rings is 1. The third kappa shape index (κ3) is 4.76. The van der Waals surface area contributed by atoms with Crippen LogP contribution in [0.1, 0.15) is 25.7 Å². The van der Waals surface area contributed by atoms with Crippen LogP contribution in [0.4, 0.5) is 0 Å². The van der Waals surface area contributed by atoms with Crippen LogP contribution in [0, 0.1) is 0 Å². The first-order valence-corrected chi connectivity index (χ1v) is 9.84. The zero-order valence-corrected chi connectivity index (χ0v) is 14.8. The lowest BCUT2D eigenvalue weighted by atomic mass is 9.94. The molecule has 2 heterocycles. The van der Waals surface area contributed by atoms with Crippen molar-refractivity contribution in [3.8, 4) is 6.01 Å². The Morgan fingerprint density at radius 2 is 1.79 bits per heavy atom. The molecule has 1 aliphatic heterocycles. The van der Waals surface area contributed by atoms with E-state index in [1.54, 1.807) is 0 Å². The summed E-state index contributed by atoms with van der Waals surface area (Å²) in [5.74, 6) is 0. The largest absolute Gasteiger partial charge is 0.460 e. The molecule has 134 valence electrons. The van der Waals surface area contributed by atoms with E-state index in [-0.39, 0.29) is 12.1 Å². The smallest absolute Gasteiger partial charge is 0.316 e. The van der Waals surface area contributed by atoms with E-state index in [9.17, 15) is 8.42 Å². The van der Waals surface area contributed by atoms with E-state index >= 15 is 0 Å². The SMILES string of the molecule is O=S(=O)(NC1CCC(Oc2ncc(Cl)cn2)CC1)N1CCOCC1. The second-order valence-corrected chi connectivity index (χ2v) is 8.05. The Bertz CT molecular complexity index is 629. The number of nitrogens with one attached hydrogen (secondary N) is 1. The van der Waals surface area contributed by atoms with Crippen LogP contribution in [0.3, 0.4) is 0 Å². The van der Waals surface area contributed by atoms with Gasteiger partial charge in [0.2, 0.25) is 0 Å². The van der Waals surface area contributed by atoms with E-state index in [2.05, 4.69) is 14.7 Å². The summed E-state index contributed by atoms with van der Waals surface area (Å²) < 4.78 is 39.9. The van der Waals surface area contributed by atoms with Crippen LogP contribution in [-0.2, 0) is 14.9 Å². The molecule has 1 aromatic heterocycles. The van der Waals surface area contributed by atoms with Crippen LogP contribution in [-0.4, -0.2) is 61.1 Å². The molecule has 3 rings (SSSR count). The minimum Gasteiger partial charge on any atom is -0.460 e. The van der Waals surface area contributed by atoms with E-state index < -0.39 is 10.2 Å². The molecule has 0 atom stereocenters. The normalized spacial score (nSPS) is 26.2. The van der Waals surface area contributed by atoms with Gasteiger partial charge in [0.15, 0.2) is 0 Å². The standard InChI is InChI=1S/C14H21ClN4O4S/c15-11-9-16-14(17-10-11)23-13-3-1-12(2-4-13)18-24(20,21)19-5-7-22-8-6-19/h9-10,12-13,18H,1-8H2. The van der Waals surface area contributed by atoms with Gasteiger partial charge in [0.05, 0.1) is 30.6 Å². The van der Waals surface area contributed by atoms with Crippen molar-refractivity contribution in [1.82, 2.24) is 19.0 Å². The highest BCUT2D eigenvalue weighted by Crippen LogP contribution is 2.23.